The van der Waals surface area contributed by atoms with Crippen LogP contribution in [0.25, 0.3) is 0 Å². The molecule has 0 bridgehead atoms. The van der Waals surface area contributed by atoms with Gasteiger partial charge in [0.2, 0.25) is 0 Å². The van der Waals surface area contributed by atoms with Crippen molar-refractivity contribution in [3.63, 3.8) is 0 Å². The van der Waals surface area contributed by atoms with Gasteiger partial charge in [0.25, 0.3) is 0 Å². The van der Waals surface area contributed by atoms with Gasteiger partial charge in [-0.2, -0.15) is 0 Å². The molecule has 132 valence electrons. The van der Waals surface area contributed by atoms with Gasteiger partial charge >= 0.3 is 12.1 Å². The summed E-state index contributed by atoms with van der Waals surface area (Å²) in [6.45, 7) is 5.55. The predicted molar refractivity (Wildman–Crippen MR) is 89.2 cm³/mol. The van der Waals surface area contributed by atoms with Crippen LogP contribution in [0, 0.1) is 0 Å². The van der Waals surface area contributed by atoms with Gasteiger partial charge in [0.1, 0.15) is 23.5 Å². The molecule has 24 heavy (non-hydrogen) atoms. The average Bonchev–Trinajstić information content (AvgIpc) is 2.88. The summed E-state index contributed by atoms with van der Waals surface area (Å²) in [6.07, 6.45) is -0.575. The normalized spacial score (nSPS) is 20.6. The Morgan fingerprint density at radius 2 is 2.00 bits per heavy atom. The third-order valence-electron chi connectivity index (χ3n) is 3.46. The molecule has 1 heterocycles. The Labute approximate surface area is 146 Å². The summed E-state index contributed by atoms with van der Waals surface area (Å²) in [5.74, 6) is 0.0974. The molecule has 1 amide bonds. The molecule has 1 fully saturated rings. The van der Waals surface area contributed by atoms with E-state index in [4.69, 9.17) is 25.8 Å². The maximum Gasteiger partial charge on any atom is 0.411 e. The Kier molecular flexibility index (Phi) is 5.59. The molecule has 1 aliphatic heterocycles. The Morgan fingerprint density at radius 1 is 1.29 bits per heavy atom. The average molecular weight is 356 g/mol. The number of rotatable bonds is 3. The number of hydrogen-bond donors (Lipinski definition) is 0. The zero-order valence-electron chi connectivity index (χ0n) is 14.2. The zero-order chi connectivity index (χ0) is 17.9. The van der Waals surface area contributed by atoms with Crippen molar-refractivity contribution in [2.45, 2.75) is 44.9 Å². The van der Waals surface area contributed by atoms with Crippen LogP contribution in [0.1, 0.15) is 27.2 Å². The summed E-state index contributed by atoms with van der Waals surface area (Å²) in [7, 11) is 1.29. The lowest BCUT2D eigenvalue weighted by molar-refractivity contribution is -0.145. The first kappa shape index (κ1) is 18.4. The molecule has 2 rings (SSSR count). The molecule has 1 aromatic carbocycles. The second-order valence-corrected chi connectivity index (χ2v) is 7.04. The molecule has 0 N–H and O–H groups in total. The second-order valence-electron chi connectivity index (χ2n) is 6.60. The summed E-state index contributed by atoms with van der Waals surface area (Å²) in [5.41, 5.74) is -0.649. The fraction of sp³-hybridized carbons (Fsp3) is 0.529. The molecule has 0 radical (unpaired) electrons. The number of benzene rings is 1. The summed E-state index contributed by atoms with van der Waals surface area (Å²) in [4.78, 5) is 25.7. The fourth-order valence-electron chi connectivity index (χ4n) is 2.50. The minimum atomic E-state index is -0.728. The van der Waals surface area contributed by atoms with Crippen molar-refractivity contribution < 1.29 is 23.8 Å². The van der Waals surface area contributed by atoms with Crippen molar-refractivity contribution in [2.24, 2.45) is 0 Å². The number of halogens is 1. The number of methoxy groups -OCH3 is 1. The predicted octanol–water partition coefficient (Wildman–Crippen LogP) is 3.27. The Hall–Kier alpha value is -1.95. The molecular weight excluding hydrogens is 334 g/mol. The van der Waals surface area contributed by atoms with Crippen molar-refractivity contribution >= 4 is 23.7 Å². The maximum absolute atomic E-state index is 12.4. The topological polar surface area (TPSA) is 65.1 Å². The number of esters is 1. The van der Waals surface area contributed by atoms with E-state index in [0.29, 0.717) is 17.2 Å². The fourth-order valence-corrected chi connectivity index (χ4v) is 2.68. The van der Waals surface area contributed by atoms with Crippen LogP contribution in [0.15, 0.2) is 24.3 Å². The smallest absolute Gasteiger partial charge is 0.411 e. The van der Waals surface area contributed by atoms with Gasteiger partial charge in [-0.3, -0.25) is 4.90 Å². The summed E-state index contributed by atoms with van der Waals surface area (Å²) in [6, 6.07) is 6.25. The van der Waals surface area contributed by atoms with Crippen molar-refractivity contribution in [1.82, 2.24) is 4.90 Å². The first-order valence-corrected chi connectivity index (χ1v) is 8.07. The van der Waals surface area contributed by atoms with E-state index in [0.717, 1.165) is 0 Å². The van der Waals surface area contributed by atoms with Crippen LogP contribution < -0.4 is 4.74 Å². The van der Waals surface area contributed by atoms with Crippen LogP contribution in [0.4, 0.5) is 4.79 Å². The molecule has 2 atom stereocenters. The lowest BCUT2D eigenvalue weighted by Gasteiger charge is -2.27. The third-order valence-corrected chi connectivity index (χ3v) is 3.70. The molecule has 0 saturated carbocycles. The number of amides is 1. The van der Waals surface area contributed by atoms with E-state index in [1.807, 2.05) is 0 Å². The second kappa shape index (κ2) is 7.30. The summed E-state index contributed by atoms with van der Waals surface area (Å²) < 4.78 is 16.0. The van der Waals surface area contributed by atoms with Crippen molar-refractivity contribution in [1.29, 1.82) is 0 Å². The summed E-state index contributed by atoms with van der Waals surface area (Å²) >= 11 is 5.94. The molecule has 1 saturated heterocycles. The van der Waals surface area contributed by atoms with Crippen molar-refractivity contribution in [3.05, 3.63) is 29.3 Å². The standard InChI is InChI=1S/C17H22ClNO5/c1-17(2,3)24-16(21)19-10-13(9-14(19)15(20)22-4)23-12-7-5-6-11(18)8-12/h5-8,13-14H,9-10H2,1-4H3/t13-,14+/m1/s1. The molecule has 0 spiro atoms. The van der Waals surface area contributed by atoms with Gasteiger partial charge in [0, 0.05) is 11.4 Å². The third kappa shape index (κ3) is 4.77. The van der Waals surface area contributed by atoms with Gasteiger partial charge in [-0.1, -0.05) is 17.7 Å². The quantitative estimate of drug-likeness (QED) is 0.778. The largest absolute Gasteiger partial charge is 0.488 e. The van der Waals surface area contributed by atoms with Crippen LogP contribution >= 0.6 is 11.6 Å². The van der Waals surface area contributed by atoms with E-state index < -0.39 is 23.7 Å². The molecule has 0 aromatic heterocycles. The summed E-state index contributed by atoms with van der Waals surface area (Å²) in [5, 5.41) is 0.555. The lowest BCUT2D eigenvalue weighted by Crippen LogP contribution is -2.44. The zero-order valence-corrected chi connectivity index (χ0v) is 15.0. The van der Waals surface area contributed by atoms with Gasteiger partial charge in [0.15, 0.2) is 0 Å². The van der Waals surface area contributed by atoms with Crippen LogP contribution in [0.5, 0.6) is 5.75 Å². The van der Waals surface area contributed by atoms with Crippen LogP contribution in [-0.2, 0) is 14.3 Å². The molecule has 1 aliphatic rings. The number of carbonyl (C=O) groups excluding carboxylic acids is 2. The molecule has 0 aliphatic carbocycles. The molecule has 6 nitrogen and oxygen atoms in total. The van der Waals surface area contributed by atoms with E-state index >= 15 is 0 Å². The Bertz CT molecular complexity index is 613. The van der Waals surface area contributed by atoms with E-state index in [1.165, 1.54) is 12.0 Å². The maximum atomic E-state index is 12.4. The van der Waals surface area contributed by atoms with Crippen molar-refractivity contribution in [2.75, 3.05) is 13.7 Å². The van der Waals surface area contributed by atoms with E-state index in [-0.39, 0.29) is 12.6 Å². The van der Waals surface area contributed by atoms with Crippen LogP contribution in [0.3, 0.4) is 0 Å². The van der Waals surface area contributed by atoms with Gasteiger partial charge in [-0.25, -0.2) is 9.59 Å². The van der Waals surface area contributed by atoms with Crippen LogP contribution in [0.2, 0.25) is 5.02 Å². The highest BCUT2D eigenvalue weighted by Crippen LogP contribution is 2.27. The highest BCUT2D eigenvalue weighted by atomic mass is 35.5. The van der Waals surface area contributed by atoms with E-state index in [1.54, 1.807) is 45.0 Å². The molecular formula is C17H22ClNO5. The van der Waals surface area contributed by atoms with Gasteiger partial charge in [-0.05, 0) is 39.0 Å². The lowest BCUT2D eigenvalue weighted by atomic mass is 10.2. The van der Waals surface area contributed by atoms with E-state index in [2.05, 4.69) is 0 Å². The number of carbonyl (C=O) groups is 2. The monoisotopic (exact) mass is 355 g/mol. The highest BCUT2D eigenvalue weighted by Gasteiger charge is 2.43. The molecule has 1 aromatic rings. The molecule has 7 heteroatoms. The van der Waals surface area contributed by atoms with Gasteiger partial charge < -0.3 is 14.2 Å². The van der Waals surface area contributed by atoms with E-state index in [9.17, 15) is 9.59 Å². The van der Waals surface area contributed by atoms with Crippen molar-refractivity contribution in [3.8, 4) is 5.75 Å². The van der Waals surface area contributed by atoms with Gasteiger partial charge in [0.05, 0.1) is 13.7 Å². The number of hydrogen-bond acceptors (Lipinski definition) is 5. The SMILES string of the molecule is COC(=O)[C@@H]1C[C@@H](Oc2cccc(Cl)c2)CN1C(=O)OC(C)(C)C. The minimum absolute atomic E-state index is 0.237. The number of nitrogens with zero attached hydrogens (tertiary/aromatic N) is 1. The first-order valence-electron chi connectivity index (χ1n) is 7.69. The number of likely N-dealkylation sites (tertiary alicyclic amines) is 1. The van der Waals surface area contributed by atoms with Gasteiger partial charge in [-0.15, -0.1) is 0 Å². The number of ether oxygens (including phenoxy) is 3. The molecule has 0 unspecified atom stereocenters. The first-order chi connectivity index (χ1) is 11.2. The minimum Gasteiger partial charge on any atom is -0.488 e. The van der Waals surface area contributed by atoms with Crippen LogP contribution in [-0.4, -0.2) is 48.4 Å². The highest BCUT2D eigenvalue weighted by molar-refractivity contribution is 6.30. The Balaban J connectivity index is 2.11. The Morgan fingerprint density at radius 3 is 2.58 bits per heavy atom.